The number of nitrogens with one attached hydrogen (secondary N) is 2. The first-order chi connectivity index (χ1) is 16.5. The number of halogens is 1. The maximum absolute atomic E-state index is 13.0. The molecule has 10 heteroatoms. The summed E-state index contributed by atoms with van der Waals surface area (Å²) in [5, 5.41) is 15.8. The fourth-order valence-corrected chi connectivity index (χ4v) is 4.45. The molecule has 0 bridgehead atoms. The van der Waals surface area contributed by atoms with Crippen LogP contribution >= 0.6 is 11.6 Å². The quantitative estimate of drug-likeness (QED) is 0.407. The van der Waals surface area contributed by atoms with Gasteiger partial charge in [0.05, 0.1) is 35.3 Å². The molecule has 4 rings (SSSR count). The average molecular weight is 512 g/mol. The molecule has 0 fully saturated rings. The number of hydrogen-bond donors (Lipinski definition) is 3. The summed E-state index contributed by atoms with van der Waals surface area (Å²) < 4.78 is 24.9. The van der Waals surface area contributed by atoms with Gasteiger partial charge in [-0.1, -0.05) is 35.9 Å². The fraction of sp³-hybridized carbons (Fsp3) is 0.120. The van der Waals surface area contributed by atoms with E-state index < -0.39 is 16.0 Å². The van der Waals surface area contributed by atoms with E-state index in [9.17, 15) is 23.1 Å². The highest BCUT2D eigenvalue weighted by atomic mass is 35.5. The molecule has 0 aliphatic carbocycles. The number of fused-ring (bicyclic) bond motifs is 1. The zero-order valence-electron chi connectivity index (χ0n) is 18.9. The molecule has 0 radical (unpaired) electrons. The lowest BCUT2D eigenvalue weighted by atomic mass is 9.98. The summed E-state index contributed by atoms with van der Waals surface area (Å²) in [5.41, 5.74) is 4.36. The molecule has 1 aliphatic rings. The Morgan fingerprint density at radius 1 is 1.09 bits per heavy atom. The van der Waals surface area contributed by atoms with E-state index >= 15 is 0 Å². The molecule has 0 spiro atoms. The van der Waals surface area contributed by atoms with Crippen molar-refractivity contribution >= 4 is 61.8 Å². The van der Waals surface area contributed by atoms with Crippen molar-refractivity contribution in [3.05, 3.63) is 88.4 Å². The second kappa shape index (κ2) is 9.44. The second-order valence-electron chi connectivity index (χ2n) is 8.07. The highest BCUT2D eigenvalue weighted by Crippen LogP contribution is 2.39. The molecule has 0 saturated carbocycles. The maximum atomic E-state index is 13.0. The van der Waals surface area contributed by atoms with Gasteiger partial charge in [-0.15, -0.1) is 0 Å². The first kappa shape index (κ1) is 24.3. The Hall–Kier alpha value is -3.82. The van der Waals surface area contributed by atoms with E-state index in [1.807, 2.05) is 0 Å². The summed E-state index contributed by atoms with van der Waals surface area (Å²) in [6, 6.07) is 18.7. The lowest BCUT2D eigenvalue weighted by Gasteiger charge is -2.18. The maximum Gasteiger partial charge on any atom is 0.307 e. The minimum atomic E-state index is -3.41. The number of carboxylic acids is 1. The van der Waals surface area contributed by atoms with Crippen LogP contribution in [0.1, 0.15) is 16.7 Å². The normalized spacial score (nSPS) is 14.2. The number of anilines is 3. The first-order valence-corrected chi connectivity index (χ1v) is 12.7. The van der Waals surface area contributed by atoms with Gasteiger partial charge in [0.2, 0.25) is 10.0 Å². The van der Waals surface area contributed by atoms with E-state index in [0.29, 0.717) is 50.0 Å². The summed E-state index contributed by atoms with van der Waals surface area (Å²) in [6.45, 7) is 0. The van der Waals surface area contributed by atoms with E-state index in [0.717, 1.165) is 10.6 Å². The standard InChI is InChI=1S/C25H22ClN3O5S/c1-29(35(2,33)34)19-9-7-18(8-10-19)27-24(16-5-3-4-15(12-16)13-22(30)31)23-20-11-6-17(26)14-21(20)28-25(23)32/h3-12,14,27H,13H2,1-2H3,(H,28,32)(H,30,31). The van der Waals surface area contributed by atoms with Gasteiger partial charge in [-0.05, 0) is 53.6 Å². The highest BCUT2D eigenvalue weighted by molar-refractivity contribution is 7.92. The lowest BCUT2D eigenvalue weighted by Crippen LogP contribution is -2.24. The summed E-state index contributed by atoms with van der Waals surface area (Å²) in [6.07, 6.45) is 0.954. The van der Waals surface area contributed by atoms with Crippen molar-refractivity contribution in [2.24, 2.45) is 0 Å². The molecule has 3 aromatic carbocycles. The van der Waals surface area contributed by atoms with Crippen molar-refractivity contribution in [3.8, 4) is 0 Å². The molecule has 0 saturated heterocycles. The minimum Gasteiger partial charge on any atom is -0.481 e. The van der Waals surface area contributed by atoms with Gasteiger partial charge in [-0.3, -0.25) is 13.9 Å². The molecule has 180 valence electrons. The van der Waals surface area contributed by atoms with Crippen molar-refractivity contribution < 1.29 is 23.1 Å². The average Bonchev–Trinajstić information content (AvgIpc) is 3.11. The summed E-state index contributed by atoms with van der Waals surface area (Å²) in [5.74, 6) is -1.30. The molecule has 1 aliphatic heterocycles. The molecule has 8 nitrogen and oxygen atoms in total. The molecule has 0 atom stereocenters. The van der Waals surface area contributed by atoms with Crippen molar-refractivity contribution in [1.29, 1.82) is 0 Å². The third-order valence-electron chi connectivity index (χ3n) is 5.54. The Balaban J connectivity index is 1.82. The number of carbonyl (C=O) groups excluding carboxylic acids is 1. The van der Waals surface area contributed by atoms with E-state index in [1.54, 1.807) is 66.7 Å². The largest absolute Gasteiger partial charge is 0.481 e. The van der Waals surface area contributed by atoms with Gasteiger partial charge in [0, 0.05) is 23.3 Å². The van der Waals surface area contributed by atoms with Crippen molar-refractivity contribution in [2.45, 2.75) is 6.42 Å². The van der Waals surface area contributed by atoms with Crippen LogP contribution in [0, 0.1) is 0 Å². The van der Waals surface area contributed by atoms with Gasteiger partial charge < -0.3 is 15.7 Å². The Morgan fingerprint density at radius 3 is 2.46 bits per heavy atom. The van der Waals surface area contributed by atoms with Crippen LogP contribution in [-0.4, -0.2) is 38.7 Å². The van der Waals surface area contributed by atoms with Crippen LogP contribution in [0.5, 0.6) is 0 Å². The van der Waals surface area contributed by atoms with E-state index in [1.165, 1.54) is 7.05 Å². The molecule has 35 heavy (non-hydrogen) atoms. The predicted molar refractivity (Wildman–Crippen MR) is 138 cm³/mol. The Morgan fingerprint density at radius 2 is 1.80 bits per heavy atom. The fourth-order valence-electron chi connectivity index (χ4n) is 3.77. The molecular weight excluding hydrogens is 490 g/mol. The van der Waals surface area contributed by atoms with Crippen LogP contribution in [0.15, 0.2) is 66.7 Å². The van der Waals surface area contributed by atoms with Crippen LogP contribution < -0.4 is 14.9 Å². The molecule has 3 N–H and O–H groups in total. The van der Waals surface area contributed by atoms with Crippen LogP contribution in [0.25, 0.3) is 11.3 Å². The zero-order chi connectivity index (χ0) is 25.3. The summed E-state index contributed by atoms with van der Waals surface area (Å²) in [4.78, 5) is 24.3. The van der Waals surface area contributed by atoms with Crippen LogP contribution in [-0.2, 0) is 26.0 Å². The third-order valence-corrected chi connectivity index (χ3v) is 6.99. The third kappa shape index (κ3) is 5.31. The molecule has 0 unspecified atom stereocenters. The lowest BCUT2D eigenvalue weighted by molar-refractivity contribution is -0.136. The first-order valence-electron chi connectivity index (χ1n) is 10.5. The van der Waals surface area contributed by atoms with Gasteiger partial charge in [0.1, 0.15) is 0 Å². The SMILES string of the molecule is CN(c1ccc(NC(=C2C(=O)Nc3cc(Cl)ccc32)c2cccc(CC(=O)O)c2)cc1)S(C)(=O)=O. The van der Waals surface area contributed by atoms with Gasteiger partial charge >= 0.3 is 5.97 Å². The molecule has 3 aromatic rings. The van der Waals surface area contributed by atoms with Crippen molar-refractivity contribution in [3.63, 3.8) is 0 Å². The van der Waals surface area contributed by atoms with Crippen molar-refractivity contribution in [2.75, 3.05) is 28.2 Å². The predicted octanol–water partition coefficient (Wildman–Crippen LogP) is 4.30. The van der Waals surface area contributed by atoms with E-state index in [-0.39, 0.29) is 12.3 Å². The molecular formula is C25H22ClN3O5S. The Bertz CT molecular complexity index is 1470. The Kier molecular flexibility index (Phi) is 6.56. The van der Waals surface area contributed by atoms with Gasteiger partial charge in [-0.2, -0.15) is 0 Å². The highest BCUT2D eigenvalue weighted by Gasteiger charge is 2.29. The van der Waals surface area contributed by atoms with Crippen LogP contribution in [0.3, 0.4) is 0 Å². The van der Waals surface area contributed by atoms with Crippen LogP contribution in [0.2, 0.25) is 5.02 Å². The molecule has 0 aromatic heterocycles. The smallest absolute Gasteiger partial charge is 0.307 e. The number of benzene rings is 3. The summed E-state index contributed by atoms with van der Waals surface area (Å²) in [7, 11) is -1.95. The minimum absolute atomic E-state index is 0.165. The number of carbonyl (C=O) groups is 2. The number of aliphatic carboxylic acids is 1. The van der Waals surface area contributed by atoms with Crippen LogP contribution in [0.4, 0.5) is 17.1 Å². The molecule has 1 heterocycles. The van der Waals surface area contributed by atoms with Gasteiger partial charge in [-0.25, -0.2) is 8.42 Å². The number of sulfonamides is 1. The number of carboxylic acid groups (broad SMARTS) is 1. The van der Waals surface area contributed by atoms with E-state index in [2.05, 4.69) is 10.6 Å². The van der Waals surface area contributed by atoms with Gasteiger partial charge in [0.15, 0.2) is 0 Å². The number of amides is 1. The van der Waals surface area contributed by atoms with E-state index in [4.69, 9.17) is 11.6 Å². The van der Waals surface area contributed by atoms with Gasteiger partial charge in [0.25, 0.3) is 5.91 Å². The summed E-state index contributed by atoms with van der Waals surface area (Å²) >= 11 is 6.10. The number of hydrogen-bond acceptors (Lipinski definition) is 5. The zero-order valence-corrected chi connectivity index (χ0v) is 20.4. The molecule has 1 amide bonds. The monoisotopic (exact) mass is 511 g/mol. The topological polar surface area (TPSA) is 116 Å². The second-order valence-corrected chi connectivity index (χ2v) is 10.5. The number of nitrogens with zero attached hydrogens (tertiary/aromatic N) is 1. The van der Waals surface area contributed by atoms with Crippen molar-refractivity contribution in [1.82, 2.24) is 0 Å². The number of rotatable bonds is 7. The Labute approximate surface area is 207 Å².